The van der Waals surface area contributed by atoms with Crippen LogP contribution in [0.3, 0.4) is 0 Å². The first-order chi connectivity index (χ1) is 17.2. The van der Waals surface area contributed by atoms with E-state index in [9.17, 15) is 0 Å². The first kappa shape index (κ1) is 33.3. The van der Waals surface area contributed by atoms with Crippen molar-refractivity contribution in [1.29, 1.82) is 0 Å². The molecule has 0 bridgehead atoms. The molecule has 0 radical (unpaired) electrons. The van der Waals surface area contributed by atoms with Crippen LogP contribution in [-0.2, 0) is 22.1 Å². The molecule has 2 heterocycles. The van der Waals surface area contributed by atoms with Crippen molar-refractivity contribution in [2.45, 2.75) is 123 Å². The fourth-order valence-electron chi connectivity index (χ4n) is 4.94. The Morgan fingerprint density at radius 1 is 0.622 bits per heavy atom. The highest BCUT2D eigenvalue weighted by atomic mass is 35.5. The molecule has 212 valence electrons. The van der Waals surface area contributed by atoms with Crippen LogP contribution in [0.25, 0.3) is 0 Å². The average Bonchev–Trinajstić information content (AvgIpc) is 2.79. The predicted octanol–water partition coefficient (Wildman–Crippen LogP) is 8.37. The fourth-order valence-corrected chi connectivity index (χ4v) is 8.96. The van der Waals surface area contributed by atoms with E-state index in [1.54, 1.807) is 0 Å². The molecule has 8 nitrogen and oxygen atoms in total. The van der Waals surface area contributed by atoms with Gasteiger partial charge in [-0.1, -0.05) is 46.0 Å². The van der Waals surface area contributed by atoms with Gasteiger partial charge in [0.25, 0.3) is 0 Å². The third-order valence-electron chi connectivity index (χ3n) is 6.26. The molecular formula is C23H40Cl4N8S2. The highest BCUT2D eigenvalue weighted by molar-refractivity contribution is 7.84. The summed E-state index contributed by atoms with van der Waals surface area (Å²) >= 11 is 22.3. The topological polar surface area (TPSA) is 80.6 Å². The van der Waals surface area contributed by atoms with Crippen molar-refractivity contribution in [3.05, 3.63) is 0 Å². The van der Waals surface area contributed by atoms with E-state index in [1.807, 2.05) is 0 Å². The van der Waals surface area contributed by atoms with E-state index in [0.29, 0.717) is 24.2 Å². The molecule has 0 amide bonds. The van der Waals surface area contributed by atoms with Crippen LogP contribution >= 0.6 is 46.4 Å². The van der Waals surface area contributed by atoms with Crippen molar-refractivity contribution in [3.63, 3.8) is 0 Å². The summed E-state index contributed by atoms with van der Waals surface area (Å²) in [6.07, 6.45) is 12.9. The summed E-state index contributed by atoms with van der Waals surface area (Å²) in [7, 11) is 0. The van der Waals surface area contributed by atoms with Gasteiger partial charge in [-0.15, -0.1) is 0 Å². The smallest absolute Gasteiger partial charge is 0.218 e. The molecule has 2 atom stereocenters. The molecule has 0 aromatic carbocycles. The lowest BCUT2D eigenvalue weighted by molar-refractivity contribution is 0.182. The Labute approximate surface area is 248 Å². The average molecular weight is 635 g/mol. The molecule has 2 aliphatic carbocycles. The van der Waals surface area contributed by atoms with Crippen LogP contribution in [0.15, 0.2) is 27.5 Å². The number of amidine groups is 4. The molecular weight excluding hydrogens is 594 g/mol. The molecule has 4 aliphatic rings. The molecule has 0 N–H and O–H groups in total. The fraction of sp³-hybridized carbons (Fsp3) is 0.826. The second-order valence-electron chi connectivity index (χ2n) is 9.65. The van der Waals surface area contributed by atoms with Gasteiger partial charge in [0, 0.05) is 24.2 Å². The highest BCUT2D eigenvalue weighted by Crippen LogP contribution is 2.33. The Morgan fingerprint density at radius 2 is 1.00 bits per heavy atom. The minimum atomic E-state index is -0.651. The second kappa shape index (κ2) is 16.4. The Balaban J connectivity index is 0.000000268. The van der Waals surface area contributed by atoms with E-state index in [-0.39, 0.29) is 28.6 Å². The molecule has 2 unspecified atom stereocenters. The first-order valence-corrected chi connectivity index (χ1v) is 16.3. The van der Waals surface area contributed by atoms with Crippen LogP contribution in [0.5, 0.6) is 0 Å². The SMILES string of the molecule is C.CC(C)N(C(C)C)S1=NC(Cl)=NC(Cl)=N1.ClC1=NC(Cl)=NS(N(C2CCCCC2)C2CCCCC2)=N1. The lowest BCUT2D eigenvalue weighted by Gasteiger charge is -2.40. The monoisotopic (exact) mass is 632 g/mol. The van der Waals surface area contributed by atoms with Crippen LogP contribution in [0.2, 0.25) is 0 Å². The lowest BCUT2D eigenvalue weighted by Crippen LogP contribution is -2.46. The summed E-state index contributed by atoms with van der Waals surface area (Å²) in [4.78, 5) is 7.66. The highest BCUT2D eigenvalue weighted by Gasteiger charge is 2.33. The number of hydrogen-bond donors (Lipinski definition) is 0. The standard InChI is InChI=1S/C14H22Cl2N4S.C8H14Cl2N4S.CH4/c15-13-17-14(16)19-21(18-13)20(11-7-3-1-4-8-11)12-9-5-2-6-10-12;1-5(2)14(6(3)4)15-12-7(9)11-8(10)13-15;/h11-12H,1-10H2;5-6H,1-4H3;1H4. The maximum atomic E-state index is 6.03. The molecule has 0 aromatic heterocycles. The van der Waals surface area contributed by atoms with Crippen LogP contribution in [-0.4, -0.2) is 54.0 Å². The van der Waals surface area contributed by atoms with E-state index in [2.05, 4.69) is 63.8 Å². The van der Waals surface area contributed by atoms with E-state index >= 15 is 0 Å². The summed E-state index contributed by atoms with van der Waals surface area (Å²) < 4.78 is 22.0. The molecule has 0 saturated heterocycles. The van der Waals surface area contributed by atoms with Gasteiger partial charge in [-0.3, -0.25) is 0 Å². The van der Waals surface area contributed by atoms with Gasteiger partial charge in [0.05, 0.1) is 0 Å². The van der Waals surface area contributed by atoms with E-state index in [4.69, 9.17) is 46.4 Å². The van der Waals surface area contributed by atoms with Crippen LogP contribution < -0.4 is 0 Å². The Morgan fingerprint density at radius 3 is 1.38 bits per heavy atom. The summed E-state index contributed by atoms with van der Waals surface area (Å²) in [6.45, 7) is 8.36. The van der Waals surface area contributed by atoms with Crippen LogP contribution in [0.1, 0.15) is 99.3 Å². The molecule has 4 rings (SSSR count). The molecule has 2 aliphatic heterocycles. The lowest BCUT2D eigenvalue weighted by atomic mass is 9.91. The van der Waals surface area contributed by atoms with Gasteiger partial charge in [-0.2, -0.15) is 27.5 Å². The number of hydrogen-bond acceptors (Lipinski definition) is 8. The quantitative estimate of drug-likeness (QED) is 0.275. The van der Waals surface area contributed by atoms with Crippen molar-refractivity contribution in [2.24, 2.45) is 27.5 Å². The van der Waals surface area contributed by atoms with Gasteiger partial charge in [0.2, 0.25) is 21.2 Å². The van der Waals surface area contributed by atoms with Crippen molar-refractivity contribution < 1.29 is 0 Å². The third kappa shape index (κ3) is 10.2. The van der Waals surface area contributed by atoms with E-state index < -0.39 is 22.1 Å². The molecule has 14 heteroatoms. The minimum absolute atomic E-state index is 0. The normalized spacial score (nSPS) is 25.3. The Bertz CT molecular complexity index is 921. The maximum absolute atomic E-state index is 6.03. The summed E-state index contributed by atoms with van der Waals surface area (Å²) in [5.74, 6) is 0. The summed E-state index contributed by atoms with van der Waals surface area (Å²) in [5.41, 5.74) is 0. The summed E-state index contributed by atoms with van der Waals surface area (Å²) in [5, 5.41) is 0.833. The largest absolute Gasteiger partial charge is 0.234 e. The van der Waals surface area contributed by atoms with Gasteiger partial charge in [0.1, 0.15) is 22.1 Å². The van der Waals surface area contributed by atoms with Crippen molar-refractivity contribution in [1.82, 2.24) is 8.61 Å². The zero-order chi connectivity index (χ0) is 26.2. The van der Waals surface area contributed by atoms with Gasteiger partial charge in [0.15, 0.2) is 0 Å². The third-order valence-corrected chi connectivity index (χ3v) is 10.9. The van der Waals surface area contributed by atoms with Crippen LogP contribution in [0, 0.1) is 0 Å². The number of rotatable bonds is 6. The van der Waals surface area contributed by atoms with Crippen LogP contribution in [0.4, 0.5) is 0 Å². The van der Waals surface area contributed by atoms with Gasteiger partial charge in [-0.25, -0.2) is 8.61 Å². The van der Waals surface area contributed by atoms with Crippen molar-refractivity contribution in [3.8, 4) is 0 Å². The Kier molecular flexibility index (Phi) is 14.7. The molecule has 0 aromatic rings. The number of aliphatic imine (C=N–C) groups is 2. The molecule has 2 fully saturated rings. The van der Waals surface area contributed by atoms with E-state index in [1.165, 1.54) is 64.2 Å². The van der Waals surface area contributed by atoms with E-state index in [0.717, 1.165) is 0 Å². The second-order valence-corrected chi connectivity index (χ2v) is 13.6. The van der Waals surface area contributed by atoms with Gasteiger partial charge < -0.3 is 0 Å². The number of nitrogens with zero attached hydrogens (tertiary/aromatic N) is 8. The maximum Gasteiger partial charge on any atom is 0.234 e. The summed E-state index contributed by atoms with van der Waals surface area (Å²) in [6, 6.07) is 1.80. The van der Waals surface area contributed by atoms with Gasteiger partial charge in [-0.05, 0) is 99.8 Å². The zero-order valence-corrected chi connectivity index (χ0v) is 25.9. The van der Waals surface area contributed by atoms with Gasteiger partial charge >= 0.3 is 0 Å². The molecule has 2 saturated carbocycles. The van der Waals surface area contributed by atoms with Crippen molar-refractivity contribution >= 4 is 89.7 Å². The minimum Gasteiger partial charge on any atom is -0.218 e. The molecule has 0 spiro atoms. The zero-order valence-electron chi connectivity index (χ0n) is 21.3. The van der Waals surface area contributed by atoms with Crippen molar-refractivity contribution in [2.75, 3.05) is 0 Å². The molecule has 37 heavy (non-hydrogen) atoms. The Hall–Kier alpha value is 0.0600. The number of halogens is 4. The predicted molar refractivity (Wildman–Crippen MR) is 167 cm³/mol. The first-order valence-electron chi connectivity index (χ1n) is 12.6.